The van der Waals surface area contributed by atoms with Crippen molar-refractivity contribution in [2.45, 2.75) is 12.8 Å². The van der Waals surface area contributed by atoms with Gasteiger partial charge in [0.15, 0.2) is 0 Å². The van der Waals surface area contributed by atoms with Crippen molar-refractivity contribution in [3.8, 4) is 0 Å². The van der Waals surface area contributed by atoms with Crippen LogP contribution in [0.5, 0.6) is 0 Å². The number of hydrogen-bond donors (Lipinski definition) is 0. The zero-order valence-electron chi connectivity index (χ0n) is 8.76. The number of hydroxylamine groups is 2. The number of carbonyl (C=O) groups is 1. The highest BCUT2D eigenvalue weighted by molar-refractivity contribution is 5.67. The average Bonchev–Trinajstić information content (AvgIpc) is 2.31. The molecule has 0 N–H and O–H groups in total. The van der Waals surface area contributed by atoms with Crippen molar-refractivity contribution in [3.05, 3.63) is 24.3 Å². The van der Waals surface area contributed by atoms with E-state index >= 15 is 0 Å². The molecule has 2 aliphatic rings. The number of hydrogen-bond acceptors (Lipinski definition) is 3. The molecule has 0 aromatic carbocycles. The Hall–Kier alpha value is -1.29. The second-order valence-corrected chi connectivity index (χ2v) is 3.71. The Morgan fingerprint density at radius 2 is 1.73 bits per heavy atom. The molecule has 15 heavy (non-hydrogen) atoms. The van der Waals surface area contributed by atoms with Gasteiger partial charge >= 0.3 is 6.09 Å². The topological polar surface area (TPSA) is 32.8 Å². The Kier molecular flexibility index (Phi) is 3.40. The van der Waals surface area contributed by atoms with E-state index in [0.29, 0.717) is 13.1 Å². The zero-order chi connectivity index (χ0) is 10.5. The average molecular weight is 208 g/mol. The molecule has 0 aromatic rings. The van der Waals surface area contributed by atoms with Gasteiger partial charge in [0.25, 0.3) is 0 Å². The van der Waals surface area contributed by atoms with Gasteiger partial charge < -0.3 is 9.74 Å². The van der Waals surface area contributed by atoms with Gasteiger partial charge in [-0.1, -0.05) is 24.3 Å². The lowest BCUT2D eigenvalue weighted by atomic mass is 10.3. The second kappa shape index (κ2) is 4.98. The van der Waals surface area contributed by atoms with E-state index in [1.165, 1.54) is 0 Å². The van der Waals surface area contributed by atoms with Gasteiger partial charge in [0.2, 0.25) is 0 Å². The second-order valence-electron chi connectivity index (χ2n) is 3.71. The van der Waals surface area contributed by atoms with Crippen molar-refractivity contribution in [1.29, 1.82) is 0 Å². The molecule has 0 atom stereocenters. The molecule has 0 spiro atoms. The highest BCUT2D eigenvalue weighted by atomic mass is 16.7. The smallest absolute Gasteiger partial charge is 0.351 e. The summed E-state index contributed by atoms with van der Waals surface area (Å²) in [5.41, 5.74) is 0. The summed E-state index contributed by atoms with van der Waals surface area (Å²) in [6, 6.07) is 0. The maximum atomic E-state index is 11.7. The van der Waals surface area contributed by atoms with Crippen LogP contribution in [-0.4, -0.2) is 42.2 Å². The Labute approximate surface area is 89.7 Å². The third-order valence-corrected chi connectivity index (χ3v) is 2.54. The van der Waals surface area contributed by atoms with Gasteiger partial charge in [-0.15, -0.1) is 5.06 Å². The van der Waals surface area contributed by atoms with Crippen molar-refractivity contribution >= 4 is 6.09 Å². The monoisotopic (exact) mass is 208 g/mol. The van der Waals surface area contributed by atoms with Crippen LogP contribution in [0.15, 0.2) is 24.3 Å². The quantitative estimate of drug-likeness (QED) is 0.613. The van der Waals surface area contributed by atoms with Crippen molar-refractivity contribution in [2.24, 2.45) is 0 Å². The maximum Gasteiger partial charge on any atom is 0.429 e. The highest BCUT2D eigenvalue weighted by Gasteiger charge is 2.19. The molecule has 0 saturated heterocycles. The first-order valence-corrected chi connectivity index (χ1v) is 5.38. The van der Waals surface area contributed by atoms with Gasteiger partial charge in [0, 0.05) is 19.6 Å². The van der Waals surface area contributed by atoms with Gasteiger partial charge in [-0.25, -0.2) is 4.79 Å². The van der Waals surface area contributed by atoms with Crippen LogP contribution in [0.1, 0.15) is 12.8 Å². The summed E-state index contributed by atoms with van der Waals surface area (Å²) >= 11 is 0. The molecule has 2 rings (SSSR count). The number of rotatable bonds is 1. The van der Waals surface area contributed by atoms with Gasteiger partial charge in [-0.3, -0.25) is 0 Å². The van der Waals surface area contributed by atoms with Crippen LogP contribution in [-0.2, 0) is 4.84 Å². The van der Waals surface area contributed by atoms with Crippen molar-refractivity contribution < 1.29 is 9.63 Å². The Bertz CT molecular complexity index is 286. The summed E-state index contributed by atoms with van der Waals surface area (Å²) in [4.78, 5) is 18.7. The first-order valence-electron chi connectivity index (χ1n) is 5.38. The van der Waals surface area contributed by atoms with Gasteiger partial charge in [0.05, 0.1) is 6.54 Å². The summed E-state index contributed by atoms with van der Waals surface area (Å²) in [5.74, 6) is 0. The normalized spacial score (nSPS) is 21.7. The summed E-state index contributed by atoms with van der Waals surface area (Å²) in [7, 11) is 0. The fourth-order valence-electron chi connectivity index (χ4n) is 1.68. The van der Waals surface area contributed by atoms with Crippen LogP contribution in [0.3, 0.4) is 0 Å². The molecule has 1 amide bonds. The minimum Gasteiger partial charge on any atom is -0.351 e. The molecule has 0 bridgehead atoms. The van der Waals surface area contributed by atoms with Gasteiger partial charge in [0.1, 0.15) is 0 Å². The summed E-state index contributed by atoms with van der Waals surface area (Å²) in [6.45, 7) is 2.93. The molecule has 0 fully saturated rings. The van der Waals surface area contributed by atoms with E-state index in [0.717, 1.165) is 25.9 Å². The zero-order valence-corrected chi connectivity index (χ0v) is 8.76. The molecule has 2 aliphatic heterocycles. The minimum atomic E-state index is -0.227. The molecule has 0 aliphatic carbocycles. The Balaban J connectivity index is 1.80. The number of nitrogens with zero attached hydrogens (tertiary/aromatic N) is 2. The highest BCUT2D eigenvalue weighted by Crippen LogP contribution is 2.07. The van der Waals surface area contributed by atoms with Crippen molar-refractivity contribution in [2.75, 3.05) is 26.2 Å². The van der Waals surface area contributed by atoms with Crippen LogP contribution in [0.25, 0.3) is 0 Å². The molecule has 4 nitrogen and oxygen atoms in total. The minimum absolute atomic E-state index is 0.227. The molecule has 0 unspecified atom stereocenters. The van der Waals surface area contributed by atoms with Gasteiger partial charge in [-0.05, 0) is 12.8 Å². The van der Waals surface area contributed by atoms with Crippen LogP contribution < -0.4 is 0 Å². The van der Waals surface area contributed by atoms with E-state index in [9.17, 15) is 4.79 Å². The number of carbonyl (C=O) groups excluding carboxylic acids is 1. The third kappa shape index (κ3) is 2.83. The first kappa shape index (κ1) is 10.2. The van der Waals surface area contributed by atoms with Crippen LogP contribution >= 0.6 is 0 Å². The Morgan fingerprint density at radius 1 is 1.00 bits per heavy atom. The van der Waals surface area contributed by atoms with E-state index < -0.39 is 0 Å². The van der Waals surface area contributed by atoms with Crippen molar-refractivity contribution in [3.63, 3.8) is 0 Å². The Morgan fingerprint density at radius 3 is 2.33 bits per heavy atom. The molecule has 0 saturated carbocycles. The van der Waals surface area contributed by atoms with Gasteiger partial charge in [-0.2, -0.15) is 0 Å². The molecule has 0 aromatic heterocycles. The van der Waals surface area contributed by atoms with E-state index in [2.05, 4.69) is 12.2 Å². The lowest BCUT2D eigenvalue weighted by Crippen LogP contribution is -2.40. The van der Waals surface area contributed by atoms with E-state index in [4.69, 9.17) is 4.84 Å². The standard InChI is InChI=1S/C11H16N2O2/c14-11(12-7-3-1-4-8-12)15-13-9-5-2-6-10-13/h1-3,5H,4,6-10H2. The molecule has 2 heterocycles. The largest absolute Gasteiger partial charge is 0.429 e. The van der Waals surface area contributed by atoms with E-state index in [1.54, 1.807) is 9.96 Å². The summed E-state index contributed by atoms with van der Waals surface area (Å²) in [5, 5.41) is 1.71. The van der Waals surface area contributed by atoms with E-state index in [1.807, 2.05) is 12.2 Å². The molecule has 82 valence electrons. The fraction of sp³-hybridized carbons (Fsp3) is 0.545. The first-order chi connectivity index (χ1) is 7.36. The third-order valence-electron chi connectivity index (χ3n) is 2.54. The lowest BCUT2D eigenvalue weighted by Gasteiger charge is -2.27. The molecule has 0 radical (unpaired) electrons. The predicted molar refractivity (Wildman–Crippen MR) is 57.1 cm³/mol. The predicted octanol–water partition coefficient (Wildman–Crippen LogP) is 1.56. The lowest BCUT2D eigenvalue weighted by molar-refractivity contribution is -0.105. The summed E-state index contributed by atoms with van der Waals surface area (Å²) in [6.07, 6.45) is 9.87. The van der Waals surface area contributed by atoms with Crippen LogP contribution in [0.2, 0.25) is 0 Å². The SMILES string of the molecule is O=C(ON1CC=CCC1)N1CC=CCC1. The van der Waals surface area contributed by atoms with Crippen LogP contribution in [0, 0.1) is 0 Å². The van der Waals surface area contributed by atoms with Crippen LogP contribution in [0.4, 0.5) is 4.79 Å². The summed E-state index contributed by atoms with van der Waals surface area (Å²) < 4.78 is 0. The van der Waals surface area contributed by atoms with Crippen molar-refractivity contribution in [1.82, 2.24) is 9.96 Å². The van der Waals surface area contributed by atoms with E-state index in [-0.39, 0.29) is 6.09 Å². The molecular weight excluding hydrogens is 192 g/mol. The fourth-order valence-corrected chi connectivity index (χ4v) is 1.68. The molecular formula is C11H16N2O2. The number of amides is 1. The molecule has 4 heteroatoms. The maximum absolute atomic E-state index is 11.7.